The quantitative estimate of drug-likeness (QED) is 0.858. The molecule has 0 radical (unpaired) electrons. The van der Waals surface area contributed by atoms with Crippen molar-refractivity contribution < 1.29 is 4.39 Å². The van der Waals surface area contributed by atoms with Crippen molar-refractivity contribution in [2.75, 3.05) is 19.0 Å². The van der Waals surface area contributed by atoms with E-state index in [2.05, 4.69) is 20.9 Å². The molecule has 3 rings (SSSR count). The van der Waals surface area contributed by atoms with Gasteiger partial charge in [0.05, 0.1) is 27.9 Å². The number of nitrogens with zero attached hydrogens (tertiary/aromatic N) is 3. The first kappa shape index (κ1) is 12.7. The maximum atomic E-state index is 13.7. The van der Waals surface area contributed by atoms with Gasteiger partial charge in [0.15, 0.2) is 0 Å². The summed E-state index contributed by atoms with van der Waals surface area (Å²) in [5, 5.41) is 0. The molecule has 100 valence electrons. The third-order valence-corrected chi connectivity index (χ3v) is 3.98. The van der Waals surface area contributed by atoms with Crippen molar-refractivity contribution in [3.05, 3.63) is 40.6 Å². The fourth-order valence-corrected chi connectivity index (χ4v) is 2.48. The highest BCUT2D eigenvalue weighted by atomic mass is 79.9. The third-order valence-electron chi connectivity index (χ3n) is 3.38. The van der Waals surface area contributed by atoms with Crippen LogP contribution in [-0.2, 0) is 0 Å². The van der Waals surface area contributed by atoms with Crippen LogP contribution in [0.5, 0.6) is 0 Å². The Kier molecular flexibility index (Phi) is 3.09. The maximum absolute atomic E-state index is 13.7. The van der Waals surface area contributed by atoms with Crippen molar-refractivity contribution in [3.63, 3.8) is 0 Å². The lowest BCUT2D eigenvalue weighted by Gasteiger charge is -2.18. The highest BCUT2D eigenvalue weighted by Crippen LogP contribution is 2.39. The van der Waals surface area contributed by atoms with E-state index in [9.17, 15) is 4.39 Å². The summed E-state index contributed by atoms with van der Waals surface area (Å²) >= 11 is 3.25. The number of rotatable bonds is 3. The van der Waals surface area contributed by atoms with Crippen molar-refractivity contribution >= 4 is 21.6 Å². The highest BCUT2D eigenvalue weighted by Gasteiger charge is 2.26. The van der Waals surface area contributed by atoms with Gasteiger partial charge in [0.2, 0.25) is 0 Å². The molecule has 3 nitrogen and oxygen atoms in total. The van der Waals surface area contributed by atoms with Crippen LogP contribution in [0.1, 0.15) is 24.5 Å². The summed E-state index contributed by atoms with van der Waals surface area (Å²) in [6, 6.07) is 3.33. The Morgan fingerprint density at radius 1 is 1.37 bits per heavy atom. The van der Waals surface area contributed by atoms with Crippen LogP contribution in [0.15, 0.2) is 29.1 Å². The van der Waals surface area contributed by atoms with Crippen LogP contribution in [0.2, 0.25) is 0 Å². The Morgan fingerprint density at radius 2 is 2.11 bits per heavy atom. The molecular weight excluding hydrogens is 309 g/mol. The summed E-state index contributed by atoms with van der Waals surface area (Å²) in [6.07, 6.45) is 6.31. The van der Waals surface area contributed by atoms with E-state index >= 15 is 0 Å². The van der Waals surface area contributed by atoms with Gasteiger partial charge in [-0.1, -0.05) is 0 Å². The van der Waals surface area contributed by atoms with E-state index in [0.717, 1.165) is 17.1 Å². The van der Waals surface area contributed by atoms with Crippen LogP contribution in [0.3, 0.4) is 0 Å². The minimum Gasteiger partial charge on any atom is -0.376 e. The number of benzene rings is 1. The lowest BCUT2D eigenvalue weighted by molar-refractivity contribution is 0.620. The largest absolute Gasteiger partial charge is 0.376 e. The van der Waals surface area contributed by atoms with Gasteiger partial charge in [-0.15, -0.1) is 0 Å². The predicted molar refractivity (Wildman–Crippen MR) is 77.5 cm³/mol. The molecule has 0 saturated heterocycles. The zero-order valence-corrected chi connectivity index (χ0v) is 12.5. The van der Waals surface area contributed by atoms with Crippen LogP contribution < -0.4 is 4.90 Å². The summed E-state index contributed by atoms with van der Waals surface area (Å²) in [6.45, 7) is 0. The summed E-state index contributed by atoms with van der Waals surface area (Å²) in [5.41, 5.74) is 2.89. The molecular formula is C14H15BrFN3. The van der Waals surface area contributed by atoms with Gasteiger partial charge in [-0.25, -0.2) is 9.37 Å². The molecule has 0 spiro atoms. The minimum atomic E-state index is -0.255. The molecule has 0 atom stereocenters. The van der Waals surface area contributed by atoms with E-state index in [-0.39, 0.29) is 5.82 Å². The predicted octanol–water partition coefficient (Wildman–Crippen LogP) is 3.72. The van der Waals surface area contributed by atoms with Crippen LogP contribution in [-0.4, -0.2) is 23.6 Å². The Morgan fingerprint density at radius 3 is 2.74 bits per heavy atom. The van der Waals surface area contributed by atoms with Crippen molar-refractivity contribution in [1.82, 2.24) is 9.55 Å². The van der Waals surface area contributed by atoms with E-state index in [1.165, 1.54) is 18.9 Å². The van der Waals surface area contributed by atoms with Crippen molar-refractivity contribution in [3.8, 4) is 5.69 Å². The second-order valence-corrected chi connectivity index (χ2v) is 5.98. The van der Waals surface area contributed by atoms with E-state index in [1.54, 1.807) is 12.4 Å². The zero-order chi connectivity index (χ0) is 13.6. The molecule has 2 aromatic rings. The summed E-state index contributed by atoms with van der Waals surface area (Å²) in [4.78, 5) is 6.35. The van der Waals surface area contributed by atoms with Gasteiger partial charge in [-0.05, 0) is 34.8 Å². The van der Waals surface area contributed by atoms with E-state index in [1.807, 2.05) is 29.8 Å². The van der Waals surface area contributed by atoms with Crippen molar-refractivity contribution in [1.29, 1.82) is 0 Å². The molecule has 0 unspecified atom stereocenters. The van der Waals surface area contributed by atoms with E-state index in [4.69, 9.17) is 0 Å². The molecule has 1 aromatic carbocycles. The third kappa shape index (κ3) is 2.39. The van der Waals surface area contributed by atoms with Gasteiger partial charge in [-0.2, -0.15) is 0 Å². The second-order valence-electron chi connectivity index (χ2n) is 5.13. The van der Waals surface area contributed by atoms with Crippen LogP contribution in [0.25, 0.3) is 5.69 Å². The molecule has 1 aliphatic rings. The number of hydrogen-bond acceptors (Lipinski definition) is 2. The average molecular weight is 324 g/mol. The van der Waals surface area contributed by atoms with Gasteiger partial charge in [0.25, 0.3) is 0 Å². The smallest absolute Gasteiger partial charge is 0.139 e. The number of anilines is 1. The molecule has 0 bridgehead atoms. The molecule has 1 saturated carbocycles. The Hall–Kier alpha value is -1.36. The summed E-state index contributed by atoms with van der Waals surface area (Å²) in [5.74, 6) is 0.364. The second kappa shape index (κ2) is 4.63. The lowest BCUT2D eigenvalue weighted by atomic mass is 10.2. The van der Waals surface area contributed by atoms with Crippen LogP contribution in [0.4, 0.5) is 10.1 Å². The number of halogens is 2. The van der Waals surface area contributed by atoms with Gasteiger partial charge < -0.3 is 9.47 Å². The van der Waals surface area contributed by atoms with E-state index in [0.29, 0.717) is 10.4 Å². The van der Waals surface area contributed by atoms with Crippen LogP contribution >= 0.6 is 15.9 Å². The molecule has 5 heteroatoms. The molecule has 0 amide bonds. The molecule has 1 aromatic heterocycles. The van der Waals surface area contributed by atoms with E-state index < -0.39 is 0 Å². The fourth-order valence-electron chi connectivity index (χ4n) is 2.15. The van der Waals surface area contributed by atoms with Crippen molar-refractivity contribution in [2.24, 2.45) is 0 Å². The minimum absolute atomic E-state index is 0.255. The monoisotopic (exact) mass is 323 g/mol. The SMILES string of the molecule is CN(C)c1cc(F)c(Br)cc1-n1cnc(C2CC2)c1. The first-order chi connectivity index (χ1) is 9.06. The van der Waals surface area contributed by atoms with Gasteiger partial charge in [0, 0.05) is 32.3 Å². The lowest BCUT2D eigenvalue weighted by Crippen LogP contribution is -2.12. The zero-order valence-electron chi connectivity index (χ0n) is 10.9. The molecule has 19 heavy (non-hydrogen) atoms. The summed E-state index contributed by atoms with van der Waals surface area (Å²) < 4.78 is 16.1. The topological polar surface area (TPSA) is 21.1 Å². The Bertz CT molecular complexity index is 617. The number of hydrogen-bond donors (Lipinski definition) is 0. The molecule has 0 N–H and O–H groups in total. The highest BCUT2D eigenvalue weighted by molar-refractivity contribution is 9.10. The Labute approximate surface area is 120 Å². The molecule has 0 aliphatic heterocycles. The average Bonchev–Trinajstić information content (AvgIpc) is 3.10. The number of imidazole rings is 1. The first-order valence-corrected chi connectivity index (χ1v) is 7.06. The molecule has 1 aliphatic carbocycles. The first-order valence-electron chi connectivity index (χ1n) is 6.27. The van der Waals surface area contributed by atoms with Gasteiger partial charge in [-0.3, -0.25) is 0 Å². The number of aromatic nitrogens is 2. The maximum Gasteiger partial charge on any atom is 0.139 e. The summed E-state index contributed by atoms with van der Waals surface area (Å²) in [7, 11) is 3.82. The Balaban J connectivity index is 2.08. The van der Waals surface area contributed by atoms with Crippen molar-refractivity contribution in [2.45, 2.75) is 18.8 Å². The van der Waals surface area contributed by atoms with Gasteiger partial charge in [0.1, 0.15) is 5.82 Å². The van der Waals surface area contributed by atoms with Gasteiger partial charge >= 0.3 is 0 Å². The fraction of sp³-hybridized carbons (Fsp3) is 0.357. The molecule has 1 fully saturated rings. The molecule has 1 heterocycles. The normalized spacial score (nSPS) is 14.7. The van der Waals surface area contributed by atoms with Crippen LogP contribution in [0, 0.1) is 5.82 Å². The standard InChI is InChI=1S/C14H15BrFN3/c1-18(2)13-6-11(16)10(15)5-14(13)19-7-12(17-8-19)9-3-4-9/h5-9H,3-4H2,1-2H3.